The van der Waals surface area contributed by atoms with Crippen molar-refractivity contribution in [3.05, 3.63) is 24.3 Å². The molecule has 5 heteroatoms. The Kier molecular flexibility index (Phi) is 7.76. The number of hydrogen-bond acceptors (Lipinski definition) is 3. The van der Waals surface area contributed by atoms with Crippen LogP contribution in [0.2, 0.25) is 0 Å². The van der Waals surface area contributed by atoms with Gasteiger partial charge in [0.25, 0.3) is 5.76 Å². The van der Waals surface area contributed by atoms with Crippen molar-refractivity contribution >= 4 is 17.4 Å². The highest BCUT2D eigenvalue weighted by molar-refractivity contribution is 7.99. The molecular formula is C13H19F2NOS. The Labute approximate surface area is 111 Å². The lowest BCUT2D eigenvalue weighted by molar-refractivity contribution is 0.252. The molecule has 0 aliphatic heterocycles. The van der Waals surface area contributed by atoms with Gasteiger partial charge in [0.2, 0.25) is 0 Å². The van der Waals surface area contributed by atoms with Crippen LogP contribution in [0.25, 0.3) is 0 Å². The number of benzene rings is 1. The van der Waals surface area contributed by atoms with Crippen LogP contribution in [0.5, 0.6) is 0 Å². The van der Waals surface area contributed by atoms with E-state index in [1.54, 1.807) is 12.1 Å². The number of para-hydroxylation sites is 1. The second kappa shape index (κ2) is 9.16. The number of rotatable bonds is 9. The van der Waals surface area contributed by atoms with E-state index >= 15 is 0 Å². The van der Waals surface area contributed by atoms with Crippen molar-refractivity contribution in [1.82, 2.24) is 0 Å². The average Bonchev–Trinajstić information content (AvgIpc) is 2.35. The molecule has 0 aliphatic carbocycles. The summed E-state index contributed by atoms with van der Waals surface area (Å²) in [6.45, 7) is 1.01. The fraction of sp³-hybridized carbons (Fsp3) is 0.538. The molecule has 0 saturated heterocycles. The second-order valence-electron chi connectivity index (χ2n) is 3.94. The molecule has 1 aromatic carbocycles. The molecule has 0 spiro atoms. The molecular weight excluding hydrogens is 256 g/mol. The molecule has 0 amide bonds. The minimum Gasteiger partial charge on any atom is -0.396 e. The summed E-state index contributed by atoms with van der Waals surface area (Å²) in [6.07, 6.45) is 3.86. The van der Waals surface area contributed by atoms with Crippen molar-refractivity contribution in [2.75, 3.05) is 18.5 Å². The van der Waals surface area contributed by atoms with Gasteiger partial charge in [-0.2, -0.15) is 8.78 Å². The first-order valence-electron chi connectivity index (χ1n) is 6.12. The molecule has 0 aromatic heterocycles. The van der Waals surface area contributed by atoms with E-state index in [-0.39, 0.29) is 6.61 Å². The predicted molar refractivity (Wildman–Crippen MR) is 72.3 cm³/mol. The van der Waals surface area contributed by atoms with Crippen molar-refractivity contribution in [1.29, 1.82) is 0 Å². The first-order valence-corrected chi connectivity index (χ1v) is 7.00. The molecule has 0 radical (unpaired) electrons. The maximum Gasteiger partial charge on any atom is 0.288 e. The average molecular weight is 275 g/mol. The highest BCUT2D eigenvalue weighted by atomic mass is 32.2. The zero-order valence-electron chi connectivity index (χ0n) is 10.2. The highest BCUT2D eigenvalue weighted by Gasteiger charge is 2.08. The lowest BCUT2D eigenvalue weighted by atomic mass is 10.2. The maximum atomic E-state index is 12.3. The van der Waals surface area contributed by atoms with E-state index in [1.807, 2.05) is 12.1 Å². The maximum absolute atomic E-state index is 12.3. The summed E-state index contributed by atoms with van der Waals surface area (Å²) in [5, 5.41) is 11.8. The van der Waals surface area contributed by atoms with E-state index in [0.29, 0.717) is 16.7 Å². The van der Waals surface area contributed by atoms with Crippen molar-refractivity contribution < 1.29 is 13.9 Å². The highest BCUT2D eigenvalue weighted by Crippen LogP contribution is 2.31. The van der Waals surface area contributed by atoms with E-state index in [9.17, 15) is 8.78 Å². The Bertz CT molecular complexity index is 337. The SMILES string of the molecule is OCCCCCCNc1ccccc1SC(F)F. The molecule has 2 nitrogen and oxygen atoms in total. The van der Waals surface area contributed by atoms with Crippen LogP contribution in [-0.4, -0.2) is 24.0 Å². The molecule has 0 bridgehead atoms. The smallest absolute Gasteiger partial charge is 0.288 e. The van der Waals surface area contributed by atoms with Crippen molar-refractivity contribution in [2.24, 2.45) is 0 Å². The van der Waals surface area contributed by atoms with E-state index in [1.165, 1.54) is 0 Å². The molecule has 18 heavy (non-hydrogen) atoms. The number of aliphatic hydroxyl groups is 1. The second-order valence-corrected chi connectivity index (χ2v) is 4.97. The number of alkyl halides is 2. The molecule has 1 aromatic rings. The summed E-state index contributed by atoms with van der Waals surface area (Å²) in [7, 11) is 0. The van der Waals surface area contributed by atoms with Crippen LogP contribution >= 0.6 is 11.8 Å². The zero-order valence-corrected chi connectivity index (χ0v) is 11.1. The van der Waals surface area contributed by atoms with E-state index in [0.717, 1.165) is 37.9 Å². The van der Waals surface area contributed by atoms with Crippen LogP contribution in [0.4, 0.5) is 14.5 Å². The lowest BCUT2D eigenvalue weighted by Crippen LogP contribution is -2.03. The van der Waals surface area contributed by atoms with Gasteiger partial charge in [-0.3, -0.25) is 0 Å². The Hall–Kier alpha value is -0.810. The molecule has 0 atom stereocenters. The standard InChI is InChI=1S/C13H19F2NOS/c14-13(15)18-12-8-4-3-7-11(12)16-9-5-1-2-6-10-17/h3-4,7-8,13,16-17H,1-2,5-6,9-10H2. The monoisotopic (exact) mass is 275 g/mol. The van der Waals surface area contributed by atoms with Gasteiger partial charge in [-0.15, -0.1) is 0 Å². The summed E-state index contributed by atoms with van der Waals surface area (Å²) >= 11 is 0.568. The summed E-state index contributed by atoms with van der Waals surface area (Å²) in [6, 6.07) is 7.12. The number of unbranched alkanes of at least 4 members (excludes halogenated alkanes) is 3. The first kappa shape index (κ1) is 15.2. The Morgan fingerprint density at radius 2 is 1.83 bits per heavy atom. The third-order valence-corrected chi connectivity index (χ3v) is 3.29. The Balaban J connectivity index is 2.32. The van der Waals surface area contributed by atoms with Crippen molar-refractivity contribution in [3.63, 3.8) is 0 Å². The molecule has 0 fully saturated rings. The molecule has 0 saturated carbocycles. The number of nitrogens with one attached hydrogen (secondary N) is 1. The number of aliphatic hydroxyl groups excluding tert-OH is 1. The van der Waals surface area contributed by atoms with Gasteiger partial charge in [-0.05, 0) is 25.0 Å². The quantitative estimate of drug-likeness (QED) is 0.528. The number of halogens is 2. The van der Waals surface area contributed by atoms with Crippen molar-refractivity contribution in [3.8, 4) is 0 Å². The van der Waals surface area contributed by atoms with Gasteiger partial charge >= 0.3 is 0 Å². The van der Waals surface area contributed by atoms with Gasteiger partial charge in [0.1, 0.15) is 0 Å². The van der Waals surface area contributed by atoms with Crippen LogP contribution < -0.4 is 5.32 Å². The van der Waals surface area contributed by atoms with E-state index in [4.69, 9.17) is 5.11 Å². The van der Waals surface area contributed by atoms with E-state index < -0.39 is 5.76 Å². The lowest BCUT2D eigenvalue weighted by Gasteiger charge is -2.11. The molecule has 0 unspecified atom stereocenters. The summed E-state index contributed by atoms with van der Waals surface area (Å²) in [4.78, 5) is 0.586. The van der Waals surface area contributed by atoms with Crippen LogP contribution in [-0.2, 0) is 0 Å². The summed E-state index contributed by atoms with van der Waals surface area (Å²) < 4.78 is 24.7. The van der Waals surface area contributed by atoms with Crippen molar-refractivity contribution in [2.45, 2.75) is 36.3 Å². The summed E-state index contributed by atoms with van der Waals surface area (Å²) in [5.74, 6) is -2.39. The third-order valence-electron chi connectivity index (χ3n) is 2.50. The predicted octanol–water partition coefficient (Wildman–Crippen LogP) is 3.97. The van der Waals surface area contributed by atoms with Gasteiger partial charge in [-0.1, -0.05) is 36.7 Å². The molecule has 0 aliphatic rings. The number of anilines is 1. The number of thioether (sulfide) groups is 1. The van der Waals surface area contributed by atoms with Crippen LogP contribution in [0.3, 0.4) is 0 Å². The van der Waals surface area contributed by atoms with Crippen LogP contribution in [0.15, 0.2) is 29.2 Å². The first-order chi connectivity index (χ1) is 8.74. The molecule has 2 N–H and O–H groups in total. The fourth-order valence-electron chi connectivity index (χ4n) is 1.62. The van der Waals surface area contributed by atoms with E-state index in [2.05, 4.69) is 5.32 Å². The minimum atomic E-state index is -2.39. The normalized spacial score (nSPS) is 10.9. The molecule has 0 heterocycles. The topological polar surface area (TPSA) is 32.3 Å². The third kappa shape index (κ3) is 6.21. The van der Waals surface area contributed by atoms with Gasteiger partial charge in [0.15, 0.2) is 0 Å². The van der Waals surface area contributed by atoms with Gasteiger partial charge in [-0.25, -0.2) is 0 Å². The molecule has 1 rings (SSSR count). The van der Waals surface area contributed by atoms with Gasteiger partial charge < -0.3 is 10.4 Å². The largest absolute Gasteiger partial charge is 0.396 e. The zero-order chi connectivity index (χ0) is 13.2. The van der Waals surface area contributed by atoms with Gasteiger partial charge in [0, 0.05) is 23.7 Å². The van der Waals surface area contributed by atoms with Crippen LogP contribution in [0, 0.1) is 0 Å². The summed E-state index contributed by atoms with van der Waals surface area (Å²) in [5.41, 5.74) is 0.768. The Morgan fingerprint density at radius 3 is 2.56 bits per heavy atom. The minimum absolute atomic E-state index is 0.237. The Morgan fingerprint density at radius 1 is 1.11 bits per heavy atom. The molecule has 102 valence electrons. The number of hydrogen-bond donors (Lipinski definition) is 2. The fourth-order valence-corrected chi connectivity index (χ4v) is 2.24. The van der Waals surface area contributed by atoms with Crippen LogP contribution in [0.1, 0.15) is 25.7 Å². The van der Waals surface area contributed by atoms with Gasteiger partial charge in [0.05, 0.1) is 0 Å².